The van der Waals surface area contributed by atoms with Crippen LogP contribution in [-0.2, 0) is 0 Å². The number of hydrogen-bond acceptors (Lipinski definition) is 2. The van der Waals surface area contributed by atoms with Crippen LogP contribution in [0.15, 0.2) is 28.7 Å². The van der Waals surface area contributed by atoms with E-state index in [0.717, 1.165) is 11.0 Å². The molecule has 0 aromatic heterocycles. The monoisotopic (exact) mass is 271 g/mol. The van der Waals surface area contributed by atoms with Crippen molar-refractivity contribution in [1.29, 1.82) is 0 Å². The Morgan fingerprint density at radius 2 is 2.07 bits per heavy atom. The molecule has 3 heteroatoms. The van der Waals surface area contributed by atoms with E-state index in [1.54, 1.807) is 0 Å². The van der Waals surface area contributed by atoms with Crippen molar-refractivity contribution in [1.82, 2.24) is 5.32 Å². The van der Waals surface area contributed by atoms with Crippen molar-refractivity contribution in [3.63, 3.8) is 0 Å². The first-order valence-electron chi connectivity index (χ1n) is 4.88. The lowest BCUT2D eigenvalue weighted by Crippen LogP contribution is -2.35. The van der Waals surface area contributed by atoms with E-state index in [2.05, 4.69) is 64.2 Å². The van der Waals surface area contributed by atoms with Crippen molar-refractivity contribution >= 4 is 27.7 Å². The fourth-order valence-corrected chi connectivity index (χ4v) is 3.10. The maximum absolute atomic E-state index is 3.57. The van der Waals surface area contributed by atoms with Crippen molar-refractivity contribution in [3.8, 4) is 0 Å². The van der Waals surface area contributed by atoms with Crippen LogP contribution in [0, 0.1) is 0 Å². The van der Waals surface area contributed by atoms with E-state index < -0.39 is 0 Å². The minimum absolute atomic E-state index is 0.516. The molecule has 0 spiro atoms. The third kappa shape index (κ3) is 2.33. The van der Waals surface area contributed by atoms with Gasteiger partial charge < -0.3 is 5.32 Å². The molecule has 1 aromatic carbocycles. The summed E-state index contributed by atoms with van der Waals surface area (Å²) in [5.41, 5.74) is 1.40. The van der Waals surface area contributed by atoms with Crippen molar-refractivity contribution in [2.45, 2.75) is 18.2 Å². The molecule has 2 atom stereocenters. The number of benzene rings is 1. The zero-order valence-electron chi connectivity index (χ0n) is 8.16. The standard InChI is InChI=1S/C11H14BrNS/c1-8-11(13-6-7-14-8)9-2-4-10(12)5-3-9/h2-5,8,11,13H,6-7H2,1H3. The summed E-state index contributed by atoms with van der Waals surface area (Å²) >= 11 is 5.51. The molecule has 1 fully saturated rings. The van der Waals surface area contributed by atoms with Gasteiger partial charge in [0.25, 0.3) is 0 Å². The maximum atomic E-state index is 3.57. The molecule has 14 heavy (non-hydrogen) atoms. The van der Waals surface area contributed by atoms with Crippen LogP contribution in [0.3, 0.4) is 0 Å². The van der Waals surface area contributed by atoms with Gasteiger partial charge in [0.15, 0.2) is 0 Å². The first kappa shape index (κ1) is 10.5. The summed E-state index contributed by atoms with van der Waals surface area (Å²) in [5.74, 6) is 1.23. The second-order valence-corrected chi connectivity index (χ2v) is 5.96. The van der Waals surface area contributed by atoms with E-state index >= 15 is 0 Å². The van der Waals surface area contributed by atoms with Crippen LogP contribution in [0.2, 0.25) is 0 Å². The van der Waals surface area contributed by atoms with Gasteiger partial charge in [0, 0.05) is 28.1 Å². The smallest absolute Gasteiger partial charge is 0.0438 e. The summed E-state index contributed by atoms with van der Waals surface area (Å²) < 4.78 is 1.15. The Bertz CT molecular complexity index is 299. The van der Waals surface area contributed by atoms with Gasteiger partial charge in [-0.3, -0.25) is 0 Å². The predicted octanol–water partition coefficient (Wildman–Crippen LogP) is 3.22. The van der Waals surface area contributed by atoms with E-state index in [-0.39, 0.29) is 0 Å². The molecule has 1 nitrogen and oxygen atoms in total. The summed E-state index contributed by atoms with van der Waals surface area (Å²) in [5, 5.41) is 4.24. The number of nitrogens with one attached hydrogen (secondary N) is 1. The van der Waals surface area contributed by atoms with E-state index in [9.17, 15) is 0 Å². The first-order valence-corrected chi connectivity index (χ1v) is 6.72. The molecule has 0 radical (unpaired) electrons. The fourth-order valence-electron chi connectivity index (χ4n) is 1.78. The number of hydrogen-bond donors (Lipinski definition) is 1. The minimum Gasteiger partial charge on any atom is -0.308 e. The SMILES string of the molecule is CC1SCCNC1c1ccc(Br)cc1. The number of halogens is 1. The molecule has 1 heterocycles. The summed E-state index contributed by atoms with van der Waals surface area (Å²) in [6.07, 6.45) is 0. The van der Waals surface area contributed by atoms with Crippen molar-refractivity contribution in [3.05, 3.63) is 34.3 Å². The maximum Gasteiger partial charge on any atom is 0.0438 e. The van der Waals surface area contributed by atoms with Gasteiger partial charge in [-0.1, -0.05) is 35.0 Å². The third-order valence-corrected chi connectivity index (χ3v) is 4.31. The average molecular weight is 272 g/mol. The molecule has 1 aliphatic rings. The highest BCUT2D eigenvalue weighted by Crippen LogP contribution is 2.29. The number of rotatable bonds is 1. The van der Waals surface area contributed by atoms with Gasteiger partial charge in [0.2, 0.25) is 0 Å². The van der Waals surface area contributed by atoms with E-state index in [4.69, 9.17) is 0 Å². The molecule has 1 N–H and O–H groups in total. The second kappa shape index (κ2) is 4.69. The highest BCUT2D eigenvalue weighted by atomic mass is 79.9. The molecular weight excluding hydrogens is 258 g/mol. The van der Waals surface area contributed by atoms with Crippen molar-refractivity contribution < 1.29 is 0 Å². The van der Waals surface area contributed by atoms with Crippen molar-refractivity contribution in [2.75, 3.05) is 12.3 Å². The van der Waals surface area contributed by atoms with Gasteiger partial charge in [0.1, 0.15) is 0 Å². The van der Waals surface area contributed by atoms with Crippen LogP contribution in [0.5, 0.6) is 0 Å². The fraction of sp³-hybridized carbons (Fsp3) is 0.455. The van der Waals surface area contributed by atoms with E-state index in [1.165, 1.54) is 11.3 Å². The normalized spacial score (nSPS) is 27.6. The lowest BCUT2D eigenvalue weighted by molar-refractivity contribution is 0.534. The van der Waals surface area contributed by atoms with E-state index in [0.29, 0.717) is 11.3 Å². The number of thioether (sulfide) groups is 1. The lowest BCUT2D eigenvalue weighted by Gasteiger charge is -2.30. The molecule has 1 aromatic rings. The van der Waals surface area contributed by atoms with Crippen LogP contribution in [-0.4, -0.2) is 17.5 Å². The molecule has 0 aliphatic carbocycles. The van der Waals surface area contributed by atoms with Gasteiger partial charge in [-0.05, 0) is 17.7 Å². The molecular formula is C11H14BrNS. The molecule has 0 amide bonds. The summed E-state index contributed by atoms with van der Waals surface area (Å²) in [6.45, 7) is 3.42. The van der Waals surface area contributed by atoms with Gasteiger partial charge in [-0.2, -0.15) is 11.8 Å². The minimum atomic E-state index is 0.516. The molecule has 2 unspecified atom stereocenters. The highest BCUT2D eigenvalue weighted by Gasteiger charge is 2.22. The topological polar surface area (TPSA) is 12.0 Å². The van der Waals surface area contributed by atoms with E-state index in [1.807, 2.05) is 0 Å². The van der Waals surface area contributed by atoms with Gasteiger partial charge in [-0.15, -0.1) is 0 Å². The van der Waals surface area contributed by atoms with Crippen LogP contribution >= 0.6 is 27.7 Å². The first-order chi connectivity index (χ1) is 6.77. The van der Waals surface area contributed by atoms with Gasteiger partial charge >= 0.3 is 0 Å². The summed E-state index contributed by atoms with van der Waals surface area (Å²) in [4.78, 5) is 0. The molecule has 1 aliphatic heterocycles. The van der Waals surface area contributed by atoms with Crippen LogP contribution in [0.25, 0.3) is 0 Å². The highest BCUT2D eigenvalue weighted by molar-refractivity contribution is 9.10. The van der Waals surface area contributed by atoms with Crippen LogP contribution in [0.4, 0.5) is 0 Å². The Labute approximate surface area is 97.8 Å². The van der Waals surface area contributed by atoms with Crippen molar-refractivity contribution in [2.24, 2.45) is 0 Å². The Hall–Kier alpha value is 0.01000. The Kier molecular flexibility index (Phi) is 3.52. The molecule has 76 valence electrons. The Balaban J connectivity index is 2.16. The predicted molar refractivity (Wildman–Crippen MR) is 66.8 cm³/mol. The molecule has 0 bridgehead atoms. The van der Waals surface area contributed by atoms with Crippen LogP contribution in [0.1, 0.15) is 18.5 Å². The zero-order valence-corrected chi connectivity index (χ0v) is 10.6. The largest absolute Gasteiger partial charge is 0.308 e. The second-order valence-electron chi connectivity index (χ2n) is 3.56. The summed E-state index contributed by atoms with van der Waals surface area (Å²) in [7, 11) is 0. The lowest BCUT2D eigenvalue weighted by atomic mass is 10.0. The van der Waals surface area contributed by atoms with Crippen LogP contribution < -0.4 is 5.32 Å². The average Bonchev–Trinajstić information content (AvgIpc) is 2.20. The molecule has 0 saturated carbocycles. The van der Waals surface area contributed by atoms with Gasteiger partial charge in [0.05, 0.1) is 0 Å². The third-order valence-electron chi connectivity index (χ3n) is 2.55. The molecule has 1 saturated heterocycles. The van der Waals surface area contributed by atoms with Gasteiger partial charge in [-0.25, -0.2) is 0 Å². The summed E-state index contributed by atoms with van der Waals surface area (Å²) in [6, 6.07) is 9.14. The quantitative estimate of drug-likeness (QED) is 0.842. The Morgan fingerprint density at radius 3 is 2.71 bits per heavy atom. The Morgan fingerprint density at radius 1 is 1.36 bits per heavy atom. The molecule has 2 rings (SSSR count). The zero-order chi connectivity index (χ0) is 9.97.